The maximum atomic E-state index is 12.3. The fourth-order valence-electron chi connectivity index (χ4n) is 3.69. The molecule has 1 aromatic rings. The molecule has 0 bridgehead atoms. The Kier molecular flexibility index (Phi) is 9.92. The van der Waals surface area contributed by atoms with E-state index in [0.29, 0.717) is 17.4 Å². The molecule has 1 unspecified atom stereocenters. The van der Waals surface area contributed by atoms with Crippen molar-refractivity contribution in [3.05, 3.63) is 30.3 Å². The average molecular weight is 493 g/mol. The van der Waals surface area contributed by atoms with Gasteiger partial charge in [0.1, 0.15) is 0 Å². The van der Waals surface area contributed by atoms with Crippen LogP contribution in [0.5, 0.6) is 0 Å². The Hall–Kier alpha value is -0.830. The summed E-state index contributed by atoms with van der Waals surface area (Å²) >= 11 is 0. The van der Waals surface area contributed by atoms with Gasteiger partial charge in [-0.25, -0.2) is 8.42 Å². The number of aliphatic imine (C=N–C) groups is 1. The van der Waals surface area contributed by atoms with Crippen molar-refractivity contribution in [2.75, 3.05) is 32.4 Å². The summed E-state index contributed by atoms with van der Waals surface area (Å²) in [6, 6.07) is 8.61. The molecule has 1 aliphatic heterocycles. The molecule has 1 aliphatic rings. The van der Waals surface area contributed by atoms with Crippen LogP contribution < -0.4 is 5.32 Å². The van der Waals surface area contributed by atoms with Crippen LogP contribution in [0.1, 0.15) is 33.1 Å². The zero-order chi connectivity index (χ0) is 18.3. The van der Waals surface area contributed by atoms with Crippen molar-refractivity contribution >= 4 is 39.8 Å². The van der Waals surface area contributed by atoms with Gasteiger partial charge in [-0.1, -0.05) is 44.9 Å². The number of hydrogen-bond donors (Lipinski definition) is 1. The number of nitrogens with one attached hydrogen (secondary N) is 1. The monoisotopic (exact) mass is 493 g/mol. The summed E-state index contributed by atoms with van der Waals surface area (Å²) in [6.07, 6.45) is 3.63. The summed E-state index contributed by atoms with van der Waals surface area (Å²) in [4.78, 5) is 6.98. The van der Waals surface area contributed by atoms with Gasteiger partial charge >= 0.3 is 0 Å². The normalized spacial score (nSPS) is 18.1. The average Bonchev–Trinajstić information content (AvgIpc) is 3.10. The largest absolute Gasteiger partial charge is 0.355 e. The lowest BCUT2D eigenvalue weighted by Gasteiger charge is -2.24. The number of rotatable bonds is 7. The minimum Gasteiger partial charge on any atom is -0.355 e. The van der Waals surface area contributed by atoms with Crippen LogP contribution in [-0.2, 0) is 9.84 Å². The minimum atomic E-state index is -3.26. The second kappa shape index (κ2) is 11.1. The molecule has 0 spiro atoms. The highest BCUT2D eigenvalue weighted by Crippen LogP contribution is 2.28. The van der Waals surface area contributed by atoms with E-state index in [0.717, 1.165) is 25.0 Å². The molecule has 2 rings (SSSR count). The van der Waals surface area contributed by atoms with Crippen LogP contribution in [0.2, 0.25) is 0 Å². The Morgan fingerprint density at radius 2 is 1.92 bits per heavy atom. The van der Waals surface area contributed by atoms with Crippen molar-refractivity contribution in [3.63, 3.8) is 0 Å². The number of benzene rings is 1. The maximum absolute atomic E-state index is 12.3. The molecule has 1 N–H and O–H groups in total. The molecule has 0 aromatic heterocycles. The molecule has 0 saturated carbocycles. The van der Waals surface area contributed by atoms with E-state index in [4.69, 9.17) is 0 Å². The van der Waals surface area contributed by atoms with Crippen molar-refractivity contribution in [2.24, 2.45) is 16.8 Å². The van der Waals surface area contributed by atoms with Crippen LogP contribution in [0.3, 0.4) is 0 Å². The van der Waals surface area contributed by atoms with Crippen LogP contribution in [0.4, 0.5) is 0 Å². The first-order valence-electron chi connectivity index (χ1n) is 9.25. The molecule has 1 fully saturated rings. The molecule has 1 aromatic carbocycles. The third-order valence-corrected chi connectivity index (χ3v) is 6.94. The van der Waals surface area contributed by atoms with Crippen molar-refractivity contribution in [1.29, 1.82) is 0 Å². The Morgan fingerprint density at radius 1 is 1.27 bits per heavy atom. The summed E-state index contributed by atoms with van der Waals surface area (Å²) in [5.74, 6) is 2.36. The first-order chi connectivity index (χ1) is 12.0. The number of nitrogens with zero attached hydrogens (tertiary/aromatic N) is 2. The molecule has 5 nitrogen and oxygen atoms in total. The second-order valence-electron chi connectivity index (χ2n) is 6.68. The number of likely N-dealkylation sites (tertiary alicyclic amines) is 1. The van der Waals surface area contributed by atoms with E-state index >= 15 is 0 Å². The van der Waals surface area contributed by atoms with Crippen LogP contribution in [-0.4, -0.2) is 51.7 Å². The minimum absolute atomic E-state index is 0. The number of guanidine groups is 1. The molecule has 7 heteroatoms. The molecular weight excluding hydrogens is 461 g/mol. The van der Waals surface area contributed by atoms with Gasteiger partial charge in [0.25, 0.3) is 0 Å². The van der Waals surface area contributed by atoms with Crippen LogP contribution >= 0.6 is 24.0 Å². The zero-order valence-electron chi connectivity index (χ0n) is 16.0. The van der Waals surface area contributed by atoms with Crippen LogP contribution in [0.25, 0.3) is 0 Å². The highest BCUT2D eigenvalue weighted by Gasteiger charge is 2.29. The Bertz CT molecular complexity index is 661. The predicted octanol–water partition coefficient (Wildman–Crippen LogP) is 3.41. The van der Waals surface area contributed by atoms with Gasteiger partial charge in [0.2, 0.25) is 0 Å². The highest BCUT2D eigenvalue weighted by atomic mass is 127. The van der Waals surface area contributed by atoms with Gasteiger partial charge in [0, 0.05) is 26.7 Å². The molecule has 148 valence electrons. The fourth-order valence-corrected chi connectivity index (χ4v) is 4.87. The van der Waals surface area contributed by atoms with E-state index in [9.17, 15) is 8.42 Å². The van der Waals surface area contributed by atoms with E-state index < -0.39 is 9.84 Å². The molecule has 0 radical (unpaired) electrons. The van der Waals surface area contributed by atoms with Crippen molar-refractivity contribution in [1.82, 2.24) is 10.2 Å². The van der Waals surface area contributed by atoms with Crippen molar-refractivity contribution in [3.8, 4) is 0 Å². The summed E-state index contributed by atoms with van der Waals surface area (Å²) in [7, 11) is -1.49. The van der Waals surface area contributed by atoms with Gasteiger partial charge in [0.15, 0.2) is 15.8 Å². The van der Waals surface area contributed by atoms with Crippen molar-refractivity contribution < 1.29 is 8.42 Å². The Balaban J connectivity index is 0.00000338. The van der Waals surface area contributed by atoms with Gasteiger partial charge in [-0.3, -0.25) is 4.99 Å². The van der Waals surface area contributed by atoms with E-state index in [2.05, 4.69) is 29.1 Å². The van der Waals surface area contributed by atoms with Crippen LogP contribution in [0, 0.1) is 11.8 Å². The van der Waals surface area contributed by atoms with Crippen LogP contribution in [0.15, 0.2) is 40.2 Å². The lowest BCUT2D eigenvalue weighted by Crippen LogP contribution is -2.42. The molecule has 26 heavy (non-hydrogen) atoms. The zero-order valence-corrected chi connectivity index (χ0v) is 19.2. The quantitative estimate of drug-likeness (QED) is 0.359. The summed E-state index contributed by atoms with van der Waals surface area (Å²) in [5.41, 5.74) is 0. The Morgan fingerprint density at radius 3 is 2.50 bits per heavy atom. The van der Waals surface area contributed by atoms with Gasteiger partial charge in [-0.05, 0) is 30.4 Å². The topological polar surface area (TPSA) is 61.8 Å². The first kappa shape index (κ1) is 23.2. The van der Waals surface area contributed by atoms with E-state index in [1.807, 2.05) is 6.07 Å². The number of halogens is 1. The highest BCUT2D eigenvalue weighted by molar-refractivity contribution is 14.0. The molecule has 1 heterocycles. The molecule has 0 amide bonds. The van der Waals surface area contributed by atoms with Crippen molar-refractivity contribution in [2.45, 2.75) is 38.0 Å². The molecule has 0 aliphatic carbocycles. The maximum Gasteiger partial charge on any atom is 0.193 e. The first-order valence-corrected chi connectivity index (χ1v) is 10.9. The third kappa shape index (κ3) is 6.11. The lowest BCUT2D eigenvalue weighted by atomic mass is 9.87. The SMILES string of the molecule is CCC(CC)C1CCN(C(=NC)NCCS(=O)(=O)c2ccccc2)C1.I. The number of sulfone groups is 1. The Labute approximate surface area is 175 Å². The third-order valence-electron chi connectivity index (χ3n) is 5.21. The fraction of sp³-hybridized carbons (Fsp3) is 0.632. The van der Waals surface area contributed by atoms with Gasteiger partial charge < -0.3 is 10.2 Å². The van der Waals surface area contributed by atoms with Gasteiger partial charge in [0.05, 0.1) is 10.6 Å². The molecular formula is C19H32IN3O2S. The van der Waals surface area contributed by atoms with E-state index in [1.54, 1.807) is 31.3 Å². The van der Waals surface area contributed by atoms with Gasteiger partial charge in [-0.15, -0.1) is 24.0 Å². The summed E-state index contributed by atoms with van der Waals surface area (Å²) in [5, 5.41) is 3.23. The second-order valence-corrected chi connectivity index (χ2v) is 8.79. The number of hydrogen-bond acceptors (Lipinski definition) is 3. The van der Waals surface area contributed by atoms with E-state index in [-0.39, 0.29) is 29.7 Å². The lowest BCUT2D eigenvalue weighted by molar-refractivity contribution is 0.319. The summed E-state index contributed by atoms with van der Waals surface area (Å²) < 4.78 is 24.7. The molecule has 1 saturated heterocycles. The molecule has 1 atom stereocenters. The predicted molar refractivity (Wildman–Crippen MR) is 119 cm³/mol. The van der Waals surface area contributed by atoms with Gasteiger partial charge in [-0.2, -0.15) is 0 Å². The summed E-state index contributed by atoms with van der Waals surface area (Å²) in [6.45, 7) is 6.90. The van der Waals surface area contributed by atoms with E-state index in [1.165, 1.54) is 19.3 Å². The smallest absolute Gasteiger partial charge is 0.193 e. The standard InChI is InChI=1S/C19H31N3O2S.HI/c1-4-16(5-2)17-11-13-22(15-17)19(20-3)21-12-14-25(23,24)18-9-7-6-8-10-18;/h6-10,16-17H,4-5,11-15H2,1-3H3,(H,20,21);1H.